The zero-order valence-electron chi connectivity index (χ0n) is 12.4. The van der Waals surface area contributed by atoms with Gasteiger partial charge in [0.15, 0.2) is 0 Å². The molecule has 1 aliphatic heterocycles. The van der Waals surface area contributed by atoms with Gasteiger partial charge in [-0.25, -0.2) is 4.39 Å². The lowest BCUT2D eigenvalue weighted by Gasteiger charge is -2.43. The Morgan fingerprint density at radius 1 is 1.36 bits per heavy atom. The second kappa shape index (κ2) is 5.71. The van der Waals surface area contributed by atoms with Gasteiger partial charge in [-0.05, 0) is 43.4 Å². The number of likely N-dealkylation sites (tertiary alicyclic amines) is 1. The van der Waals surface area contributed by atoms with E-state index < -0.39 is 17.3 Å². The van der Waals surface area contributed by atoms with Crippen LogP contribution < -0.4 is 0 Å². The van der Waals surface area contributed by atoms with E-state index in [1.165, 1.54) is 12.1 Å². The molecule has 3 rings (SSSR count). The van der Waals surface area contributed by atoms with Gasteiger partial charge in [0.25, 0.3) is 0 Å². The van der Waals surface area contributed by atoms with E-state index in [1.54, 1.807) is 11.0 Å². The maximum atomic E-state index is 13.3. The molecule has 0 radical (unpaired) electrons. The number of nitrogens with zero attached hydrogens (tertiary/aromatic N) is 1. The zero-order chi connectivity index (χ0) is 15.7. The molecule has 118 valence electrons. The average Bonchev–Trinajstić information content (AvgIpc) is 2.92. The van der Waals surface area contributed by atoms with Crippen LogP contribution in [0, 0.1) is 17.2 Å². The predicted molar refractivity (Wildman–Crippen MR) is 78.7 cm³/mol. The van der Waals surface area contributed by atoms with Crippen LogP contribution in [0.5, 0.6) is 0 Å². The molecule has 0 aromatic heterocycles. The number of rotatable bonds is 4. The van der Waals surface area contributed by atoms with E-state index in [-0.39, 0.29) is 11.7 Å². The third-order valence-corrected chi connectivity index (χ3v) is 5.02. The van der Waals surface area contributed by atoms with E-state index in [0.717, 1.165) is 24.8 Å². The molecule has 4 nitrogen and oxygen atoms in total. The molecule has 1 N–H and O–H groups in total. The Bertz CT molecular complexity index is 597. The molecule has 2 fully saturated rings. The number of carbonyl (C=O) groups excluding carboxylic acids is 1. The highest BCUT2D eigenvalue weighted by Gasteiger charge is 2.47. The van der Waals surface area contributed by atoms with Gasteiger partial charge in [-0.15, -0.1) is 0 Å². The third-order valence-electron chi connectivity index (χ3n) is 5.02. The number of carboxylic acids is 1. The highest BCUT2D eigenvalue weighted by atomic mass is 19.1. The maximum Gasteiger partial charge on any atom is 0.308 e. The minimum absolute atomic E-state index is 0.0479. The van der Waals surface area contributed by atoms with Gasteiger partial charge in [-0.2, -0.15) is 0 Å². The molecule has 1 aliphatic carbocycles. The largest absolute Gasteiger partial charge is 0.481 e. The van der Waals surface area contributed by atoms with Gasteiger partial charge in [-0.1, -0.05) is 18.6 Å². The lowest BCUT2D eigenvalue weighted by atomic mass is 9.64. The van der Waals surface area contributed by atoms with Crippen LogP contribution in [0.1, 0.15) is 31.2 Å². The molecule has 1 unspecified atom stereocenters. The SMILES string of the molecule is O=C(O)C1CCN(C(=O)C2(Cc3cccc(F)c3)CCC2)C1. The van der Waals surface area contributed by atoms with Gasteiger partial charge < -0.3 is 10.0 Å². The maximum absolute atomic E-state index is 13.3. The van der Waals surface area contributed by atoms with Gasteiger partial charge in [0.1, 0.15) is 5.82 Å². The van der Waals surface area contributed by atoms with Crippen LogP contribution in [0.25, 0.3) is 0 Å². The first-order valence-corrected chi connectivity index (χ1v) is 7.77. The Hall–Kier alpha value is -1.91. The van der Waals surface area contributed by atoms with Crippen molar-refractivity contribution in [2.75, 3.05) is 13.1 Å². The molecule has 1 saturated carbocycles. The standard InChI is InChI=1S/C17H20FNO3/c18-14-4-1-3-12(9-14)10-17(6-2-7-17)16(22)19-8-5-13(11-19)15(20)21/h1,3-4,9,13H,2,5-8,10-11H2,(H,20,21). The van der Waals surface area contributed by atoms with Crippen LogP contribution in [0.3, 0.4) is 0 Å². The van der Waals surface area contributed by atoms with Crippen molar-refractivity contribution < 1.29 is 19.1 Å². The van der Waals surface area contributed by atoms with Crippen molar-refractivity contribution in [3.8, 4) is 0 Å². The quantitative estimate of drug-likeness (QED) is 0.929. The molecular formula is C17H20FNO3. The summed E-state index contributed by atoms with van der Waals surface area (Å²) in [7, 11) is 0. The molecule has 22 heavy (non-hydrogen) atoms. The van der Waals surface area contributed by atoms with E-state index >= 15 is 0 Å². The van der Waals surface area contributed by atoms with E-state index in [1.807, 2.05) is 6.07 Å². The predicted octanol–water partition coefficient (Wildman–Crippen LogP) is 2.47. The fourth-order valence-corrected chi connectivity index (χ4v) is 3.59. The number of benzene rings is 1. The average molecular weight is 305 g/mol. The molecule has 1 atom stereocenters. The van der Waals surface area contributed by atoms with Crippen LogP contribution in [0.15, 0.2) is 24.3 Å². The summed E-state index contributed by atoms with van der Waals surface area (Å²) >= 11 is 0. The molecule has 1 saturated heterocycles. The van der Waals surface area contributed by atoms with Crippen molar-refractivity contribution in [3.05, 3.63) is 35.6 Å². The number of hydrogen-bond donors (Lipinski definition) is 1. The Morgan fingerprint density at radius 2 is 2.14 bits per heavy atom. The number of carbonyl (C=O) groups is 2. The van der Waals surface area contributed by atoms with Crippen molar-refractivity contribution in [2.24, 2.45) is 11.3 Å². The highest BCUT2D eigenvalue weighted by Crippen LogP contribution is 2.46. The monoisotopic (exact) mass is 305 g/mol. The number of hydrogen-bond acceptors (Lipinski definition) is 2. The Labute approximate surface area is 128 Å². The summed E-state index contributed by atoms with van der Waals surface area (Å²) in [6.07, 6.45) is 3.67. The minimum Gasteiger partial charge on any atom is -0.481 e. The summed E-state index contributed by atoms with van der Waals surface area (Å²) in [6, 6.07) is 6.40. The van der Waals surface area contributed by atoms with Crippen molar-refractivity contribution in [1.82, 2.24) is 4.90 Å². The summed E-state index contributed by atoms with van der Waals surface area (Å²) in [5, 5.41) is 9.07. The van der Waals surface area contributed by atoms with Crippen molar-refractivity contribution >= 4 is 11.9 Å². The minimum atomic E-state index is -0.830. The second-order valence-corrected chi connectivity index (χ2v) is 6.52. The first-order chi connectivity index (χ1) is 10.5. The Kier molecular flexibility index (Phi) is 3.89. The van der Waals surface area contributed by atoms with Crippen LogP contribution >= 0.6 is 0 Å². The number of carboxylic acid groups (broad SMARTS) is 1. The fourth-order valence-electron chi connectivity index (χ4n) is 3.59. The topological polar surface area (TPSA) is 57.6 Å². The molecule has 0 spiro atoms. The van der Waals surface area contributed by atoms with E-state index in [0.29, 0.717) is 25.9 Å². The molecular weight excluding hydrogens is 285 g/mol. The summed E-state index contributed by atoms with van der Waals surface area (Å²) in [6.45, 7) is 0.819. The van der Waals surface area contributed by atoms with Crippen molar-refractivity contribution in [2.45, 2.75) is 32.1 Å². The summed E-state index contributed by atoms with van der Waals surface area (Å²) in [5.74, 6) is -1.52. The number of amides is 1. The fraction of sp³-hybridized carbons (Fsp3) is 0.529. The van der Waals surface area contributed by atoms with Crippen molar-refractivity contribution in [1.29, 1.82) is 0 Å². The van der Waals surface area contributed by atoms with Crippen LogP contribution in [-0.2, 0) is 16.0 Å². The van der Waals surface area contributed by atoms with Crippen LogP contribution in [-0.4, -0.2) is 35.0 Å². The number of aliphatic carboxylic acids is 1. The Morgan fingerprint density at radius 3 is 2.68 bits per heavy atom. The van der Waals surface area contributed by atoms with E-state index in [2.05, 4.69) is 0 Å². The first-order valence-electron chi connectivity index (χ1n) is 7.77. The molecule has 1 aromatic carbocycles. The molecule has 5 heteroatoms. The number of halogens is 1. The zero-order valence-corrected chi connectivity index (χ0v) is 12.4. The van der Waals surface area contributed by atoms with Gasteiger partial charge >= 0.3 is 5.97 Å². The van der Waals surface area contributed by atoms with Gasteiger partial charge in [0.2, 0.25) is 5.91 Å². The van der Waals surface area contributed by atoms with Gasteiger partial charge in [0.05, 0.1) is 11.3 Å². The van der Waals surface area contributed by atoms with E-state index in [9.17, 15) is 14.0 Å². The molecule has 2 aliphatic rings. The summed E-state index contributed by atoms with van der Waals surface area (Å²) < 4.78 is 13.3. The van der Waals surface area contributed by atoms with Crippen molar-refractivity contribution in [3.63, 3.8) is 0 Å². The molecule has 1 heterocycles. The summed E-state index contributed by atoms with van der Waals surface area (Å²) in [4.78, 5) is 25.6. The third kappa shape index (κ3) is 2.72. The van der Waals surface area contributed by atoms with Crippen LogP contribution in [0.2, 0.25) is 0 Å². The normalized spacial score (nSPS) is 23.1. The Balaban J connectivity index is 1.73. The molecule has 1 amide bonds. The summed E-state index contributed by atoms with van der Waals surface area (Å²) in [5.41, 5.74) is 0.378. The molecule has 1 aromatic rings. The lowest BCUT2D eigenvalue weighted by molar-refractivity contribution is -0.147. The van der Waals surface area contributed by atoms with Crippen LogP contribution in [0.4, 0.5) is 4.39 Å². The first kappa shape index (κ1) is 15.0. The van der Waals surface area contributed by atoms with Gasteiger partial charge in [0, 0.05) is 13.1 Å². The van der Waals surface area contributed by atoms with E-state index in [4.69, 9.17) is 5.11 Å². The highest BCUT2D eigenvalue weighted by molar-refractivity contribution is 5.85. The molecule has 0 bridgehead atoms. The lowest BCUT2D eigenvalue weighted by Crippen LogP contribution is -2.48. The second-order valence-electron chi connectivity index (χ2n) is 6.52. The van der Waals surface area contributed by atoms with Gasteiger partial charge in [-0.3, -0.25) is 9.59 Å². The smallest absolute Gasteiger partial charge is 0.308 e.